The third-order valence-corrected chi connectivity index (χ3v) is 2.45. The van der Waals surface area contributed by atoms with Crippen molar-refractivity contribution in [2.75, 3.05) is 0 Å². The van der Waals surface area contributed by atoms with Crippen molar-refractivity contribution in [1.29, 1.82) is 0 Å². The molecule has 13 heavy (non-hydrogen) atoms. The van der Waals surface area contributed by atoms with Crippen LogP contribution < -0.4 is 0 Å². The lowest BCUT2D eigenvalue weighted by Crippen LogP contribution is -2.17. The number of carbonyl (C=O) groups is 1. The molecule has 3 heteroatoms. The number of alkyl halides is 1. The molecule has 1 aromatic rings. The van der Waals surface area contributed by atoms with Crippen LogP contribution in [0.15, 0.2) is 30.3 Å². The van der Waals surface area contributed by atoms with Crippen molar-refractivity contribution in [1.82, 2.24) is 0 Å². The summed E-state index contributed by atoms with van der Waals surface area (Å²) in [6.45, 7) is 0. The number of hydrogen-bond donors (Lipinski definition) is 1. The molecule has 1 aromatic carbocycles. The SMILES string of the molecule is O=C(O)[C@@]1(F)C[C@@H]1c1ccccc1. The smallest absolute Gasteiger partial charge is 0.342 e. The van der Waals surface area contributed by atoms with E-state index in [1.807, 2.05) is 6.07 Å². The zero-order chi connectivity index (χ0) is 9.47. The second-order valence-electron chi connectivity index (χ2n) is 3.34. The Morgan fingerprint density at radius 2 is 2.08 bits per heavy atom. The summed E-state index contributed by atoms with van der Waals surface area (Å²) < 4.78 is 13.4. The molecule has 1 saturated carbocycles. The summed E-state index contributed by atoms with van der Waals surface area (Å²) >= 11 is 0. The van der Waals surface area contributed by atoms with Crippen molar-refractivity contribution in [3.05, 3.63) is 35.9 Å². The molecule has 0 bridgehead atoms. The molecule has 0 heterocycles. The number of benzene rings is 1. The maximum absolute atomic E-state index is 13.4. The van der Waals surface area contributed by atoms with Crippen molar-refractivity contribution in [2.24, 2.45) is 0 Å². The van der Waals surface area contributed by atoms with Gasteiger partial charge in [-0.3, -0.25) is 0 Å². The van der Waals surface area contributed by atoms with Crippen LogP contribution in [0.5, 0.6) is 0 Å². The Hall–Kier alpha value is -1.38. The number of hydrogen-bond acceptors (Lipinski definition) is 1. The Labute approximate surface area is 75.0 Å². The molecular formula is C10H9FO2. The Kier molecular flexibility index (Phi) is 1.62. The predicted octanol–water partition coefficient (Wildman–Crippen LogP) is 1.97. The first kappa shape index (κ1) is 8.23. The van der Waals surface area contributed by atoms with E-state index in [9.17, 15) is 9.18 Å². The van der Waals surface area contributed by atoms with Crippen molar-refractivity contribution in [3.8, 4) is 0 Å². The Morgan fingerprint density at radius 1 is 1.46 bits per heavy atom. The molecule has 68 valence electrons. The van der Waals surface area contributed by atoms with E-state index in [2.05, 4.69) is 0 Å². The third kappa shape index (κ3) is 1.20. The highest BCUT2D eigenvalue weighted by molar-refractivity contribution is 5.83. The monoisotopic (exact) mass is 180 g/mol. The summed E-state index contributed by atoms with van der Waals surface area (Å²) in [5.41, 5.74) is -1.24. The highest BCUT2D eigenvalue weighted by atomic mass is 19.1. The van der Waals surface area contributed by atoms with Crippen LogP contribution >= 0.6 is 0 Å². The van der Waals surface area contributed by atoms with Gasteiger partial charge in [-0.1, -0.05) is 30.3 Å². The second-order valence-corrected chi connectivity index (χ2v) is 3.34. The summed E-state index contributed by atoms with van der Waals surface area (Å²) in [5.74, 6) is -1.80. The van der Waals surface area contributed by atoms with Gasteiger partial charge < -0.3 is 5.11 Å². The molecule has 0 unspecified atom stereocenters. The molecule has 1 aliphatic carbocycles. The lowest BCUT2D eigenvalue weighted by Gasteiger charge is -2.00. The van der Waals surface area contributed by atoms with Gasteiger partial charge in [-0.15, -0.1) is 0 Å². The molecule has 2 atom stereocenters. The summed E-state index contributed by atoms with van der Waals surface area (Å²) in [7, 11) is 0. The minimum absolute atomic E-state index is 0.104. The zero-order valence-corrected chi connectivity index (χ0v) is 6.90. The van der Waals surface area contributed by atoms with Gasteiger partial charge in [0, 0.05) is 12.3 Å². The van der Waals surface area contributed by atoms with E-state index in [0.717, 1.165) is 5.56 Å². The van der Waals surface area contributed by atoms with E-state index in [1.54, 1.807) is 24.3 Å². The molecule has 0 spiro atoms. The van der Waals surface area contributed by atoms with Crippen LogP contribution in [0.1, 0.15) is 17.9 Å². The molecule has 0 radical (unpaired) electrons. The molecule has 0 saturated heterocycles. The molecule has 1 fully saturated rings. The van der Waals surface area contributed by atoms with Crippen molar-refractivity contribution in [3.63, 3.8) is 0 Å². The van der Waals surface area contributed by atoms with Crippen LogP contribution in [0.4, 0.5) is 4.39 Å². The minimum atomic E-state index is -2.01. The van der Waals surface area contributed by atoms with Crippen LogP contribution in [-0.4, -0.2) is 16.7 Å². The standard InChI is InChI=1S/C10H9FO2/c11-10(9(12)13)6-8(10)7-4-2-1-3-5-7/h1-5,8H,6H2,(H,12,13)/t8-,10-/m1/s1. The van der Waals surface area contributed by atoms with E-state index in [4.69, 9.17) is 5.11 Å². The molecule has 0 aliphatic heterocycles. The third-order valence-electron chi connectivity index (χ3n) is 2.45. The summed E-state index contributed by atoms with van der Waals surface area (Å²) in [6, 6.07) is 8.92. The zero-order valence-electron chi connectivity index (χ0n) is 6.90. The predicted molar refractivity (Wildman–Crippen MR) is 45.3 cm³/mol. The van der Waals surface area contributed by atoms with Gasteiger partial charge in [-0.2, -0.15) is 0 Å². The van der Waals surface area contributed by atoms with E-state index in [-0.39, 0.29) is 6.42 Å². The summed E-state index contributed by atoms with van der Waals surface area (Å²) in [5, 5.41) is 8.57. The topological polar surface area (TPSA) is 37.3 Å². The molecule has 1 N–H and O–H groups in total. The van der Waals surface area contributed by atoms with Gasteiger partial charge in [-0.05, 0) is 5.56 Å². The van der Waals surface area contributed by atoms with Gasteiger partial charge in [-0.25, -0.2) is 9.18 Å². The van der Waals surface area contributed by atoms with Crippen molar-refractivity contribution < 1.29 is 14.3 Å². The number of rotatable bonds is 2. The normalized spacial score (nSPS) is 31.3. The Bertz CT molecular complexity index is 336. The average molecular weight is 180 g/mol. The van der Waals surface area contributed by atoms with Crippen molar-refractivity contribution >= 4 is 5.97 Å². The first-order valence-corrected chi connectivity index (χ1v) is 4.12. The largest absolute Gasteiger partial charge is 0.479 e. The summed E-state index contributed by atoms with van der Waals surface area (Å²) in [6.07, 6.45) is 0.104. The molecular weight excluding hydrogens is 171 g/mol. The Morgan fingerprint density at radius 3 is 2.54 bits per heavy atom. The first-order chi connectivity index (χ1) is 6.14. The fraction of sp³-hybridized carbons (Fsp3) is 0.300. The van der Waals surface area contributed by atoms with Crippen LogP contribution in [0.25, 0.3) is 0 Å². The van der Waals surface area contributed by atoms with Crippen LogP contribution in [0, 0.1) is 0 Å². The minimum Gasteiger partial charge on any atom is -0.479 e. The second kappa shape index (κ2) is 2.55. The van der Waals surface area contributed by atoms with Crippen molar-refractivity contribution in [2.45, 2.75) is 18.0 Å². The fourth-order valence-electron chi connectivity index (χ4n) is 1.54. The van der Waals surface area contributed by atoms with Gasteiger partial charge in [0.25, 0.3) is 0 Å². The van der Waals surface area contributed by atoms with E-state index in [1.165, 1.54) is 0 Å². The maximum Gasteiger partial charge on any atom is 0.342 e. The van der Waals surface area contributed by atoms with Gasteiger partial charge >= 0.3 is 5.97 Å². The average Bonchev–Trinajstić information content (AvgIpc) is 2.81. The maximum atomic E-state index is 13.4. The number of carboxylic acids is 1. The molecule has 2 rings (SSSR count). The highest BCUT2D eigenvalue weighted by Gasteiger charge is 2.62. The molecule has 2 nitrogen and oxygen atoms in total. The fourth-order valence-corrected chi connectivity index (χ4v) is 1.54. The Balaban J connectivity index is 2.21. The van der Waals surface area contributed by atoms with Crippen LogP contribution in [-0.2, 0) is 4.79 Å². The molecule has 0 amide bonds. The number of carboxylic acid groups (broad SMARTS) is 1. The first-order valence-electron chi connectivity index (χ1n) is 4.12. The van der Waals surface area contributed by atoms with Gasteiger partial charge in [0.2, 0.25) is 5.67 Å². The quantitative estimate of drug-likeness (QED) is 0.755. The van der Waals surface area contributed by atoms with E-state index >= 15 is 0 Å². The highest BCUT2D eigenvalue weighted by Crippen LogP contribution is 2.54. The van der Waals surface area contributed by atoms with Crippen LogP contribution in [0.3, 0.4) is 0 Å². The summed E-state index contributed by atoms with van der Waals surface area (Å²) in [4.78, 5) is 10.5. The lowest BCUT2D eigenvalue weighted by atomic mass is 10.1. The van der Waals surface area contributed by atoms with E-state index < -0.39 is 17.6 Å². The number of aliphatic carboxylic acids is 1. The molecule has 1 aliphatic rings. The van der Waals surface area contributed by atoms with Crippen LogP contribution in [0.2, 0.25) is 0 Å². The van der Waals surface area contributed by atoms with Gasteiger partial charge in [0.1, 0.15) is 0 Å². The van der Waals surface area contributed by atoms with Gasteiger partial charge in [0.05, 0.1) is 0 Å². The lowest BCUT2D eigenvalue weighted by molar-refractivity contribution is -0.144. The van der Waals surface area contributed by atoms with Gasteiger partial charge in [0.15, 0.2) is 0 Å². The molecule has 0 aromatic heterocycles. The number of halogens is 1. The van der Waals surface area contributed by atoms with E-state index in [0.29, 0.717) is 0 Å².